The third kappa shape index (κ3) is 2.37. The van der Waals surface area contributed by atoms with E-state index in [0.717, 1.165) is 29.2 Å². The van der Waals surface area contributed by atoms with Crippen molar-refractivity contribution in [3.63, 3.8) is 0 Å². The molecule has 0 bridgehead atoms. The van der Waals surface area contributed by atoms with Crippen molar-refractivity contribution in [3.05, 3.63) is 29.5 Å². The second-order valence-electron chi connectivity index (χ2n) is 7.32. The molecule has 6 heteroatoms. The Morgan fingerprint density at radius 1 is 1.38 bits per heavy atom. The number of aromatic nitrogens is 2. The van der Waals surface area contributed by atoms with Crippen LogP contribution in [0, 0.1) is 12.8 Å². The summed E-state index contributed by atoms with van der Waals surface area (Å²) in [6, 6.07) is 6.27. The number of aryl methyl sites for hydroxylation is 1. The Morgan fingerprint density at radius 2 is 2.12 bits per heavy atom. The molecule has 0 unspecified atom stereocenters. The van der Waals surface area contributed by atoms with E-state index in [1.54, 1.807) is 7.05 Å². The maximum atomic E-state index is 12.2. The van der Waals surface area contributed by atoms with Gasteiger partial charge < -0.3 is 5.73 Å². The Bertz CT molecular complexity index is 864. The van der Waals surface area contributed by atoms with Crippen LogP contribution in [0.1, 0.15) is 37.4 Å². The molecule has 1 saturated carbocycles. The van der Waals surface area contributed by atoms with E-state index in [1.807, 2.05) is 19.9 Å². The van der Waals surface area contributed by atoms with Crippen LogP contribution in [0.2, 0.25) is 0 Å². The molecule has 2 N–H and O–H groups in total. The predicted molar refractivity (Wildman–Crippen MR) is 93.6 cm³/mol. The molecule has 2 heterocycles. The van der Waals surface area contributed by atoms with Crippen molar-refractivity contribution in [1.29, 1.82) is 0 Å². The van der Waals surface area contributed by atoms with Gasteiger partial charge in [-0.3, -0.25) is 14.4 Å². The maximum absolute atomic E-state index is 12.2. The Morgan fingerprint density at radius 3 is 2.79 bits per heavy atom. The summed E-state index contributed by atoms with van der Waals surface area (Å²) in [5.41, 5.74) is 8.50. The summed E-state index contributed by atoms with van der Waals surface area (Å²) in [6.07, 6.45) is 2.91. The summed E-state index contributed by atoms with van der Waals surface area (Å²) < 4.78 is 2.11. The Labute approximate surface area is 141 Å². The summed E-state index contributed by atoms with van der Waals surface area (Å²) in [6.45, 7) is 4.99. The van der Waals surface area contributed by atoms with Gasteiger partial charge in [0.1, 0.15) is 0 Å². The highest BCUT2D eigenvalue weighted by Gasteiger charge is 2.36. The maximum Gasteiger partial charge on any atom is 0.231 e. The van der Waals surface area contributed by atoms with Gasteiger partial charge >= 0.3 is 0 Å². The van der Waals surface area contributed by atoms with Gasteiger partial charge in [0.15, 0.2) is 5.96 Å². The molecule has 6 nitrogen and oxygen atoms in total. The van der Waals surface area contributed by atoms with E-state index in [2.05, 4.69) is 21.8 Å². The third-order valence-electron chi connectivity index (χ3n) is 5.26. The summed E-state index contributed by atoms with van der Waals surface area (Å²) in [5.74, 6) is 1.02. The highest BCUT2D eigenvalue weighted by Crippen LogP contribution is 2.36. The standard InChI is InChI=1S/C18H23N5O/c1-11-14-7-6-13(8-15(14)23(21-11)10-12-4-5-12)18(2)9-16(24)22(3)17(19)20-18/h6-8,12H,4-5,9-10H2,1-3H3,(H2,19,20)/t18-/m0/s1. The second kappa shape index (κ2) is 5.06. The molecule has 1 amide bonds. The number of carbonyl (C=O) groups excluding carboxylic acids is 1. The quantitative estimate of drug-likeness (QED) is 0.939. The van der Waals surface area contributed by atoms with Gasteiger partial charge in [0.25, 0.3) is 0 Å². The summed E-state index contributed by atoms with van der Waals surface area (Å²) in [5, 5.41) is 5.87. The Kier molecular flexibility index (Phi) is 3.20. The summed E-state index contributed by atoms with van der Waals surface area (Å²) in [4.78, 5) is 18.3. The molecule has 1 aliphatic carbocycles. The van der Waals surface area contributed by atoms with Gasteiger partial charge in [0.05, 0.1) is 23.2 Å². The van der Waals surface area contributed by atoms with Gasteiger partial charge in [-0.1, -0.05) is 12.1 Å². The molecule has 1 atom stereocenters. The molecule has 4 rings (SSSR count). The molecule has 24 heavy (non-hydrogen) atoms. The zero-order valence-electron chi connectivity index (χ0n) is 14.4. The van der Waals surface area contributed by atoms with E-state index in [-0.39, 0.29) is 11.9 Å². The van der Waals surface area contributed by atoms with Crippen LogP contribution in [-0.2, 0) is 16.9 Å². The first-order valence-corrected chi connectivity index (χ1v) is 8.47. The first-order chi connectivity index (χ1) is 11.4. The highest BCUT2D eigenvalue weighted by molar-refractivity contribution is 5.99. The van der Waals surface area contributed by atoms with Crippen LogP contribution in [0.4, 0.5) is 0 Å². The third-order valence-corrected chi connectivity index (χ3v) is 5.26. The van der Waals surface area contributed by atoms with E-state index in [0.29, 0.717) is 6.42 Å². The van der Waals surface area contributed by atoms with E-state index >= 15 is 0 Å². The lowest BCUT2D eigenvalue weighted by molar-refractivity contribution is -0.128. The Balaban J connectivity index is 1.80. The lowest BCUT2D eigenvalue weighted by Crippen LogP contribution is -2.47. The van der Waals surface area contributed by atoms with Crippen molar-refractivity contribution in [3.8, 4) is 0 Å². The molecule has 1 aliphatic heterocycles. The predicted octanol–water partition coefficient (Wildman–Crippen LogP) is 2.15. The summed E-state index contributed by atoms with van der Waals surface area (Å²) in [7, 11) is 1.66. The number of amides is 1. The number of nitrogens with zero attached hydrogens (tertiary/aromatic N) is 4. The van der Waals surface area contributed by atoms with Gasteiger partial charge in [-0.05, 0) is 44.2 Å². The minimum absolute atomic E-state index is 0.00670. The number of nitrogens with two attached hydrogens (primary N) is 1. The zero-order valence-corrected chi connectivity index (χ0v) is 14.4. The molecule has 0 radical (unpaired) electrons. The average molecular weight is 325 g/mol. The van der Waals surface area contributed by atoms with Crippen LogP contribution in [0.15, 0.2) is 23.2 Å². The van der Waals surface area contributed by atoms with Gasteiger partial charge in [0.2, 0.25) is 5.91 Å². The van der Waals surface area contributed by atoms with Crippen LogP contribution < -0.4 is 5.73 Å². The second-order valence-corrected chi connectivity index (χ2v) is 7.32. The van der Waals surface area contributed by atoms with Gasteiger partial charge in [-0.25, -0.2) is 4.99 Å². The zero-order chi connectivity index (χ0) is 17.1. The van der Waals surface area contributed by atoms with Crippen LogP contribution in [0.3, 0.4) is 0 Å². The van der Waals surface area contributed by atoms with Crippen molar-refractivity contribution < 1.29 is 4.79 Å². The Hall–Kier alpha value is -2.37. The van der Waals surface area contributed by atoms with Crippen molar-refractivity contribution >= 4 is 22.8 Å². The van der Waals surface area contributed by atoms with Gasteiger partial charge in [-0.2, -0.15) is 5.10 Å². The first kappa shape index (κ1) is 15.2. The topological polar surface area (TPSA) is 76.5 Å². The minimum atomic E-state index is -0.621. The fourth-order valence-corrected chi connectivity index (χ4v) is 3.43. The molecule has 2 aliphatic rings. The van der Waals surface area contributed by atoms with E-state index in [4.69, 9.17) is 10.8 Å². The highest BCUT2D eigenvalue weighted by atomic mass is 16.2. The van der Waals surface area contributed by atoms with E-state index in [9.17, 15) is 4.79 Å². The van der Waals surface area contributed by atoms with Crippen molar-refractivity contribution in [2.24, 2.45) is 16.6 Å². The van der Waals surface area contributed by atoms with Crippen molar-refractivity contribution in [1.82, 2.24) is 14.7 Å². The fraction of sp³-hybridized carbons (Fsp3) is 0.500. The molecule has 1 aromatic heterocycles. The number of guanidine groups is 1. The fourth-order valence-electron chi connectivity index (χ4n) is 3.43. The van der Waals surface area contributed by atoms with Crippen LogP contribution in [0.25, 0.3) is 10.9 Å². The van der Waals surface area contributed by atoms with Crippen LogP contribution >= 0.6 is 0 Å². The number of benzene rings is 1. The number of carbonyl (C=O) groups is 1. The molecular weight excluding hydrogens is 302 g/mol. The van der Waals surface area contributed by atoms with Crippen LogP contribution in [-0.4, -0.2) is 33.6 Å². The van der Waals surface area contributed by atoms with Crippen molar-refractivity contribution in [2.75, 3.05) is 7.05 Å². The first-order valence-electron chi connectivity index (χ1n) is 8.47. The molecule has 0 saturated heterocycles. The minimum Gasteiger partial charge on any atom is -0.369 e. The summed E-state index contributed by atoms with van der Waals surface area (Å²) >= 11 is 0. The monoisotopic (exact) mass is 325 g/mol. The average Bonchev–Trinajstić information content (AvgIpc) is 3.29. The molecule has 0 spiro atoms. The molecule has 126 valence electrons. The molecule has 1 fully saturated rings. The SMILES string of the molecule is Cc1nn(CC2CC2)c2cc([C@]3(C)CC(=O)N(C)C(N)=N3)ccc12. The molecular formula is C18H23N5O. The van der Waals surface area contributed by atoms with Gasteiger partial charge in [0, 0.05) is 19.0 Å². The number of rotatable bonds is 3. The van der Waals surface area contributed by atoms with Gasteiger partial charge in [-0.15, -0.1) is 0 Å². The normalized spacial score (nSPS) is 24.5. The van der Waals surface area contributed by atoms with E-state index < -0.39 is 5.54 Å². The molecule has 1 aromatic carbocycles. The van der Waals surface area contributed by atoms with Crippen molar-refractivity contribution in [2.45, 2.75) is 45.2 Å². The van der Waals surface area contributed by atoms with E-state index in [1.165, 1.54) is 23.1 Å². The number of aliphatic imine (C=N–C) groups is 1. The number of hydrogen-bond donors (Lipinski definition) is 1. The largest absolute Gasteiger partial charge is 0.369 e. The smallest absolute Gasteiger partial charge is 0.231 e. The lowest BCUT2D eigenvalue weighted by atomic mass is 9.87. The number of hydrogen-bond acceptors (Lipinski definition) is 4. The molecule has 2 aromatic rings. The van der Waals surface area contributed by atoms with Crippen LogP contribution in [0.5, 0.6) is 0 Å². The number of fused-ring (bicyclic) bond motifs is 1. The lowest BCUT2D eigenvalue weighted by Gasteiger charge is -2.33.